The first-order chi connectivity index (χ1) is 10.1. The molecular weight excluding hydrogens is 308 g/mol. The molecule has 0 spiro atoms. The van der Waals surface area contributed by atoms with E-state index in [1.807, 2.05) is 41.6 Å². The van der Waals surface area contributed by atoms with Crippen LogP contribution in [0.25, 0.3) is 0 Å². The van der Waals surface area contributed by atoms with E-state index in [0.717, 1.165) is 17.1 Å². The lowest BCUT2D eigenvalue weighted by molar-refractivity contribution is 0.0127. The fraction of sp³-hybridized carbons (Fsp3) is 0.400. The second kappa shape index (κ2) is 8.46. The summed E-state index contributed by atoms with van der Waals surface area (Å²) in [6, 6.07) is 7.55. The van der Waals surface area contributed by atoms with Crippen LogP contribution in [0.2, 0.25) is 5.02 Å². The third kappa shape index (κ3) is 5.73. The van der Waals surface area contributed by atoms with Gasteiger partial charge in [-0.2, -0.15) is 0 Å². The van der Waals surface area contributed by atoms with Crippen molar-refractivity contribution in [2.45, 2.75) is 19.3 Å². The van der Waals surface area contributed by atoms with Crippen molar-refractivity contribution in [3.8, 4) is 0 Å². The van der Waals surface area contributed by atoms with E-state index in [1.54, 1.807) is 17.5 Å². The third-order valence-corrected chi connectivity index (χ3v) is 4.07. The Morgan fingerprint density at radius 1 is 1.43 bits per heavy atom. The molecule has 0 saturated heterocycles. The Bertz CT molecular complexity index is 536. The highest BCUT2D eigenvalue weighted by molar-refractivity contribution is 7.09. The lowest BCUT2D eigenvalue weighted by Gasteiger charge is -2.19. The summed E-state index contributed by atoms with van der Waals surface area (Å²) in [6.07, 6.45) is 1.26. The number of ether oxygens (including phenoxy) is 1. The molecule has 1 atom stereocenters. The molecule has 1 aromatic heterocycles. The summed E-state index contributed by atoms with van der Waals surface area (Å²) < 4.78 is 5.52. The number of benzene rings is 1. The van der Waals surface area contributed by atoms with Crippen molar-refractivity contribution in [2.75, 3.05) is 20.2 Å². The number of likely N-dealkylation sites (N-methyl/N-ethyl adjacent to an activating group) is 1. The topological polar surface area (TPSA) is 45.6 Å². The molecule has 0 radical (unpaired) electrons. The van der Waals surface area contributed by atoms with Crippen LogP contribution in [0.5, 0.6) is 0 Å². The summed E-state index contributed by atoms with van der Waals surface area (Å²) in [7, 11) is 1.96. The Hall–Kier alpha value is -0.980. The molecule has 1 heterocycles. The lowest BCUT2D eigenvalue weighted by atomic mass is 10.2. The highest BCUT2D eigenvalue weighted by Crippen LogP contribution is 2.15. The van der Waals surface area contributed by atoms with Gasteiger partial charge in [0.25, 0.3) is 0 Å². The van der Waals surface area contributed by atoms with Gasteiger partial charge in [-0.1, -0.05) is 29.8 Å². The average Bonchev–Trinajstić information content (AvgIpc) is 2.93. The van der Waals surface area contributed by atoms with Gasteiger partial charge in [0.2, 0.25) is 0 Å². The monoisotopic (exact) mass is 326 g/mol. The molecule has 2 rings (SSSR count). The second-order valence-electron chi connectivity index (χ2n) is 4.88. The maximum absolute atomic E-state index is 9.98. The Morgan fingerprint density at radius 3 is 2.95 bits per heavy atom. The van der Waals surface area contributed by atoms with Crippen molar-refractivity contribution in [2.24, 2.45) is 0 Å². The molecule has 2 aromatic rings. The fourth-order valence-corrected chi connectivity index (χ4v) is 2.85. The van der Waals surface area contributed by atoms with Crippen LogP contribution in [0.3, 0.4) is 0 Å². The van der Waals surface area contributed by atoms with Crippen LogP contribution in [0.15, 0.2) is 35.8 Å². The van der Waals surface area contributed by atoms with E-state index >= 15 is 0 Å². The summed E-state index contributed by atoms with van der Waals surface area (Å²) in [5.74, 6) is 0. The maximum Gasteiger partial charge on any atom is 0.107 e. The quantitative estimate of drug-likeness (QED) is 0.810. The van der Waals surface area contributed by atoms with E-state index in [-0.39, 0.29) is 6.61 Å². The van der Waals surface area contributed by atoms with Crippen molar-refractivity contribution < 1.29 is 9.84 Å². The number of nitrogens with zero attached hydrogens (tertiary/aromatic N) is 2. The molecule has 114 valence electrons. The Labute approximate surface area is 134 Å². The summed E-state index contributed by atoms with van der Waals surface area (Å²) in [5, 5.41) is 13.7. The maximum atomic E-state index is 9.98. The zero-order chi connectivity index (χ0) is 15.1. The molecule has 0 bridgehead atoms. The van der Waals surface area contributed by atoms with E-state index in [4.69, 9.17) is 16.3 Å². The summed E-state index contributed by atoms with van der Waals surface area (Å²) in [6.45, 7) is 1.97. The normalized spacial score (nSPS) is 12.8. The van der Waals surface area contributed by atoms with Crippen LogP contribution < -0.4 is 0 Å². The van der Waals surface area contributed by atoms with Crippen LogP contribution in [-0.2, 0) is 17.9 Å². The zero-order valence-electron chi connectivity index (χ0n) is 11.9. The second-order valence-corrected chi connectivity index (χ2v) is 6.27. The largest absolute Gasteiger partial charge is 0.389 e. The van der Waals surface area contributed by atoms with Crippen molar-refractivity contribution >= 4 is 22.9 Å². The van der Waals surface area contributed by atoms with Gasteiger partial charge in [0.1, 0.15) is 5.01 Å². The lowest BCUT2D eigenvalue weighted by Crippen LogP contribution is -2.31. The minimum absolute atomic E-state index is 0.285. The predicted octanol–water partition coefficient (Wildman–Crippen LogP) is 2.81. The Kier molecular flexibility index (Phi) is 6.60. The molecular formula is C15H19ClN2O2S. The minimum atomic E-state index is -0.530. The summed E-state index contributed by atoms with van der Waals surface area (Å²) in [5.41, 5.74) is 0.933. The van der Waals surface area contributed by atoms with Gasteiger partial charge in [0.05, 0.1) is 25.9 Å². The number of halogens is 1. The summed E-state index contributed by atoms with van der Waals surface area (Å²) >= 11 is 7.66. The van der Waals surface area contributed by atoms with E-state index < -0.39 is 6.10 Å². The SMILES string of the molecule is CN(Cc1nccs1)CC(O)COCc1ccccc1Cl. The zero-order valence-corrected chi connectivity index (χ0v) is 13.5. The van der Waals surface area contributed by atoms with Gasteiger partial charge in [-0.25, -0.2) is 4.98 Å². The number of hydrogen-bond donors (Lipinski definition) is 1. The van der Waals surface area contributed by atoms with Crippen LogP contribution >= 0.6 is 22.9 Å². The molecule has 21 heavy (non-hydrogen) atoms. The van der Waals surface area contributed by atoms with Gasteiger partial charge < -0.3 is 9.84 Å². The highest BCUT2D eigenvalue weighted by Gasteiger charge is 2.10. The van der Waals surface area contributed by atoms with Crippen molar-refractivity contribution in [1.29, 1.82) is 0 Å². The molecule has 0 saturated carbocycles. The molecule has 6 heteroatoms. The minimum Gasteiger partial charge on any atom is -0.389 e. The highest BCUT2D eigenvalue weighted by atomic mass is 35.5. The smallest absolute Gasteiger partial charge is 0.107 e. The first kappa shape index (κ1) is 16.4. The number of rotatable bonds is 8. The van der Waals surface area contributed by atoms with Gasteiger partial charge in [-0.3, -0.25) is 4.90 Å². The molecule has 1 N–H and O–H groups in total. The number of aromatic nitrogens is 1. The fourth-order valence-electron chi connectivity index (χ4n) is 1.96. The predicted molar refractivity (Wildman–Crippen MR) is 85.6 cm³/mol. The van der Waals surface area contributed by atoms with Gasteiger partial charge >= 0.3 is 0 Å². The standard InChI is InChI=1S/C15H19ClN2O2S/c1-18(9-15-17-6-7-21-15)8-13(19)11-20-10-12-4-2-3-5-14(12)16/h2-7,13,19H,8-11H2,1H3. The molecule has 1 unspecified atom stereocenters. The van der Waals surface area contributed by atoms with Crippen LogP contribution in [0.1, 0.15) is 10.6 Å². The van der Waals surface area contributed by atoms with E-state index in [2.05, 4.69) is 4.98 Å². The van der Waals surface area contributed by atoms with Crippen molar-refractivity contribution in [3.63, 3.8) is 0 Å². The average molecular weight is 327 g/mol. The van der Waals surface area contributed by atoms with Crippen LogP contribution in [-0.4, -0.2) is 41.3 Å². The molecule has 0 aliphatic rings. The molecule has 0 fully saturated rings. The molecule has 0 aliphatic heterocycles. The van der Waals surface area contributed by atoms with E-state index in [1.165, 1.54) is 0 Å². The molecule has 0 amide bonds. The first-order valence-electron chi connectivity index (χ1n) is 6.71. The first-order valence-corrected chi connectivity index (χ1v) is 7.97. The van der Waals surface area contributed by atoms with E-state index in [0.29, 0.717) is 18.2 Å². The van der Waals surface area contributed by atoms with Gasteiger partial charge in [0, 0.05) is 23.1 Å². The van der Waals surface area contributed by atoms with Crippen LogP contribution in [0, 0.1) is 0 Å². The van der Waals surface area contributed by atoms with Gasteiger partial charge in [0.15, 0.2) is 0 Å². The van der Waals surface area contributed by atoms with Crippen molar-refractivity contribution in [1.82, 2.24) is 9.88 Å². The van der Waals surface area contributed by atoms with Crippen molar-refractivity contribution in [3.05, 3.63) is 51.4 Å². The third-order valence-electron chi connectivity index (χ3n) is 2.94. The number of aliphatic hydroxyl groups excluding tert-OH is 1. The van der Waals surface area contributed by atoms with Gasteiger partial charge in [-0.15, -0.1) is 11.3 Å². The molecule has 0 aliphatic carbocycles. The number of aliphatic hydroxyl groups is 1. The molecule has 4 nitrogen and oxygen atoms in total. The molecule has 1 aromatic carbocycles. The Morgan fingerprint density at radius 2 is 2.24 bits per heavy atom. The summed E-state index contributed by atoms with van der Waals surface area (Å²) in [4.78, 5) is 6.25. The Balaban J connectivity index is 1.67. The van der Waals surface area contributed by atoms with Gasteiger partial charge in [-0.05, 0) is 18.7 Å². The number of hydrogen-bond acceptors (Lipinski definition) is 5. The van der Waals surface area contributed by atoms with E-state index in [9.17, 15) is 5.11 Å². The van der Waals surface area contributed by atoms with Crippen LogP contribution in [0.4, 0.5) is 0 Å². The number of thiazole rings is 1.